The maximum absolute atomic E-state index is 11.8. The van der Waals surface area contributed by atoms with Crippen LogP contribution in [-0.4, -0.2) is 11.0 Å². The summed E-state index contributed by atoms with van der Waals surface area (Å²) >= 11 is 16.6. The highest BCUT2D eigenvalue weighted by Crippen LogP contribution is 2.30. The highest BCUT2D eigenvalue weighted by Gasteiger charge is 2.41. The Bertz CT molecular complexity index is 492. The molecule has 1 aromatic rings. The Hall–Kier alpha value is -0.840. The Kier molecular flexibility index (Phi) is 2.82. The van der Waals surface area contributed by atoms with Gasteiger partial charge in [-0.3, -0.25) is 4.79 Å². The zero-order valence-corrected chi connectivity index (χ0v) is 10.6. The lowest BCUT2D eigenvalue weighted by atomic mass is 9.92. The third kappa shape index (κ3) is 1.77. The number of carbonyl (C=O) groups excluding carboxylic acids is 1. The fourth-order valence-electron chi connectivity index (χ4n) is 1.55. The number of halogens is 2. The van der Waals surface area contributed by atoms with Gasteiger partial charge in [0.2, 0.25) is 0 Å². The summed E-state index contributed by atoms with van der Waals surface area (Å²) in [7, 11) is 0. The van der Waals surface area contributed by atoms with E-state index < -0.39 is 5.54 Å². The summed E-state index contributed by atoms with van der Waals surface area (Å²) in [6.07, 6.45) is 0. The van der Waals surface area contributed by atoms with Gasteiger partial charge in [0.05, 0.1) is 10.0 Å². The minimum atomic E-state index is -0.884. The number of amides is 1. The number of nitrogens with one attached hydrogen (secondary N) is 2. The molecule has 2 rings (SSSR count). The Morgan fingerprint density at radius 3 is 2.50 bits per heavy atom. The number of carbonyl (C=O) groups is 1. The molecule has 1 atom stereocenters. The van der Waals surface area contributed by atoms with Gasteiger partial charge in [-0.1, -0.05) is 29.3 Å². The van der Waals surface area contributed by atoms with E-state index in [1.165, 1.54) is 0 Å². The number of benzene rings is 1. The van der Waals surface area contributed by atoms with Crippen LogP contribution in [0, 0.1) is 0 Å². The van der Waals surface area contributed by atoms with Crippen LogP contribution in [0.3, 0.4) is 0 Å². The van der Waals surface area contributed by atoms with Crippen LogP contribution in [0.15, 0.2) is 18.2 Å². The fourth-order valence-corrected chi connectivity index (χ4v) is 2.15. The number of hydrogen-bond acceptors (Lipinski definition) is 2. The summed E-state index contributed by atoms with van der Waals surface area (Å²) < 4.78 is 0. The first kappa shape index (κ1) is 11.6. The lowest BCUT2D eigenvalue weighted by Gasteiger charge is -2.21. The molecule has 1 heterocycles. The summed E-state index contributed by atoms with van der Waals surface area (Å²) in [6.45, 7) is 1.74. The van der Waals surface area contributed by atoms with Gasteiger partial charge < -0.3 is 10.6 Å². The maximum atomic E-state index is 11.8. The van der Waals surface area contributed by atoms with Crippen molar-refractivity contribution in [1.82, 2.24) is 10.6 Å². The third-order valence-corrected chi connectivity index (χ3v) is 3.48. The largest absolute Gasteiger partial charge is 0.345 e. The van der Waals surface area contributed by atoms with Crippen LogP contribution in [0.25, 0.3) is 0 Å². The lowest BCUT2D eigenvalue weighted by molar-refractivity contribution is -0.123. The van der Waals surface area contributed by atoms with Crippen LogP contribution in [0.1, 0.15) is 12.5 Å². The molecule has 16 heavy (non-hydrogen) atoms. The molecule has 6 heteroatoms. The molecular formula is C10H8Cl2N2OS. The van der Waals surface area contributed by atoms with E-state index >= 15 is 0 Å². The second kappa shape index (κ2) is 3.87. The minimum absolute atomic E-state index is 0.198. The molecule has 0 saturated carbocycles. The molecule has 1 aliphatic heterocycles. The molecule has 84 valence electrons. The van der Waals surface area contributed by atoms with E-state index in [1.807, 2.05) is 0 Å². The van der Waals surface area contributed by atoms with E-state index in [-0.39, 0.29) is 5.91 Å². The van der Waals surface area contributed by atoms with E-state index in [9.17, 15) is 4.79 Å². The standard InChI is InChI=1S/C10H8Cl2N2OS/c1-10(8(15)13-9(16)14-10)5-2-3-6(11)7(12)4-5/h2-4H,1H3,(H2,13,14,15,16). The first-order chi connectivity index (χ1) is 7.43. The molecule has 1 amide bonds. The molecule has 3 nitrogen and oxygen atoms in total. The number of thiocarbonyl (C=S) groups is 1. The first-order valence-electron chi connectivity index (χ1n) is 4.52. The van der Waals surface area contributed by atoms with Gasteiger partial charge in [0.15, 0.2) is 5.11 Å². The molecule has 1 unspecified atom stereocenters. The highest BCUT2D eigenvalue weighted by atomic mass is 35.5. The second-order valence-corrected chi connectivity index (χ2v) is 4.88. The molecular weight excluding hydrogens is 267 g/mol. The van der Waals surface area contributed by atoms with Crippen molar-refractivity contribution in [2.24, 2.45) is 0 Å². The van der Waals surface area contributed by atoms with Crippen molar-refractivity contribution in [3.05, 3.63) is 33.8 Å². The van der Waals surface area contributed by atoms with Crippen molar-refractivity contribution in [3.8, 4) is 0 Å². The minimum Gasteiger partial charge on any atom is -0.345 e. The van der Waals surface area contributed by atoms with Crippen molar-refractivity contribution in [2.45, 2.75) is 12.5 Å². The molecule has 0 aliphatic carbocycles. The molecule has 1 aliphatic rings. The summed E-state index contributed by atoms with van der Waals surface area (Å²) in [4.78, 5) is 11.8. The van der Waals surface area contributed by atoms with Gasteiger partial charge in [-0.15, -0.1) is 0 Å². The summed E-state index contributed by atoms with van der Waals surface area (Å²) in [5.41, 5.74) is -0.162. The number of rotatable bonds is 1. The van der Waals surface area contributed by atoms with Crippen LogP contribution in [0.4, 0.5) is 0 Å². The van der Waals surface area contributed by atoms with E-state index in [1.54, 1.807) is 25.1 Å². The Morgan fingerprint density at radius 1 is 1.31 bits per heavy atom. The Balaban J connectivity index is 2.47. The Labute approximate surface area is 108 Å². The molecule has 0 bridgehead atoms. The summed E-state index contributed by atoms with van der Waals surface area (Å²) in [5.74, 6) is -0.198. The van der Waals surface area contributed by atoms with Gasteiger partial charge >= 0.3 is 0 Å². The van der Waals surface area contributed by atoms with Crippen molar-refractivity contribution >= 4 is 46.4 Å². The third-order valence-electron chi connectivity index (χ3n) is 2.54. The monoisotopic (exact) mass is 274 g/mol. The van der Waals surface area contributed by atoms with Crippen LogP contribution >= 0.6 is 35.4 Å². The van der Waals surface area contributed by atoms with Gasteiger partial charge in [-0.25, -0.2) is 0 Å². The van der Waals surface area contributed by atoms with Crippen molar-refractivity contribution in [3.63, 3.8) is 0 Å². The van der Waals surface area contributed by atoms with Crippen LogP contribution in [0.5, 0.6) is 0 Å². The normalized spacial score (nSPS) is 24.2. The molecule has 0 radical (unpaired) electrons. The summed E-state index contributed by atoms with van der Waals surface area (Å²) in [6, 6.07) is 5.06. The van der Waals surface area contributed by atoms with Gasteiger partial charge in [0, 0.05) is 0 Å². The van der Waals surface area contributed by atoms with Gasteiger partial charge in [-0.05, 0) is 36.8 Å². The quantitative estimate of drug-likeness (QED) is 0.772. The average molecular weight is 275 g/mol. The zero-order valence-electron chi connectivity index (χ0n) is 8.30. The van der Waals surface area contributed by atoms with Gasteiger partial charge in [-0.2, -0.15) is 0 Å². The van der Waals surface area contributed by atoms with Crippen molar-refractivity contribution in [2.75, 3.05) is 0 Å². The topological polar surface area (TPSA) is 41.1 Å². The molecule has 0 aromatic heterocycles. The van der Waals surface area contributed by atoms with E-state index in [0.717, 1.165) is 5.56 Å². The van der Waals surface area contributed by atoms with Gasteiger partial charge in [0.1, 0.15) is 5.54 Å². The summed E-state index contributed by atoms with van der Waals surface area (Å²) in [5, 5.41) is 6.64. The number of hydrogen-bond donors (Lipinski definition) is 2. The van der Waals surface area contributed by atoms with Crippen molar-refractivity contribution < 1.29 is 4.79 Å². The smallest absolute Gasteiger partial charge is 0.256 e. The Morgan fingerprint density at radius 2 is 2.00 bits per heavy atom. The molecule has 2 N–H and O–H groups in total. The van der Waals surface area contributed by atoms with Crippen molar-refractivity contribution in [1.29, 1.82) is 0 Å². The predicted molar refractivity (Wildman–Crippen MR) is 67.7 cm³/mol. The maximum Gasteiger partial charge on any atom is 0.256 e. The fraction of sp³-hybridized carbons (Fsp3) is 0.200. The highest BCUT2D eigenvalue weighted by molar-refractivity contribution is 7.80. The van der Waals surface area contributed by atoms with E-state index in [0.29, 0.717) is 15.2 Å². The first-order valence-corrected chi connectivity index (χ1v) is 5.69. The molecule has 0 spiro atoms. The van der Waals surface area contributed by atoms with Crippen LogP contribution < -0.4 is 10.6 Å². The van der Waals surface area contributed by atoms with E-state index in [4.69, 9.17) is 35.4 Å². The molecule has 1 aromatic carbocycles. The SMILES string of the molecule is CC1(c2ccc(Cl)c(Cl)c2)NC(=S)NC1=O. The van der Waals surface area contributed by atoms with Crippen LogP contribution in [-0.2, 0) is 10.3 Å². The average Bonchev–Trinajstić information content (AvgIpc) is 2.46. The van der Waals surface area contributed by atoms with Crippen LogP contribution in [0.2, 0.25) is 10.0 Å². The second-order valence-electron chi connectivity index (χ2n) is 3.66. The zero-order chi connectivity index (χ0) is 11.9. The lowest BCUT2D eigenvalue weighted by Crippen LogP contribution is -2.40. The van der Waals surface area contributed by atoms with Gasteiger partial charge in [0.25, 0.3) is 5.91 Å². The molecule has 1 saturated heterocycles. The molecule has 1 fully saturated rings. The predicted octanol–water partition coefficient (Wildman–Crippen LogP) is 2.21. The van der Waals surface area contributed by atoms with E-state index in [2.05, 4.69) is 10.6 Å².